The fourth-order valence-corrected chi connectivity index (χ4v) is 4.75. The maximum atomic E-state index is 12.9. The van der Waals surface area contributed by atoms with Crippen LogP contribution < -0.4 is 5.43 Å². The lowest BCUT2D eigenvalue weighted by atomic mass is 10.1. The molecule has 10 heteroatoms. The quantitative estimate of drug-likeness (QED) is 0.666. The number of aromatic nitrogens is 2. The number of rotatable bonds is 4. The van der Waals surface area contributed by atoms with Gasteiger partial charge >= 0.3 is 5.97 Å². The molecule has 0 aliphatic carbocycles. The maximum Gasteiger partial charge on any atom is 0.360 e. The topological polar surface area (TPSA) is 106 Å². The number of nitrogens with zero attached hydrogens (tertiary/aromatic N) is 2. The molecule has 7 nitrogen and oxygen atoms in total. The van der Waals surface area contributed by atoms with Gasteiger partial charge < -0.3 is 5.11 Å². The van der Waals surface area contributed by atoms with Crippen LogP contribution in [0, 0.1) is 0 Å². The molecule has 0 aliphatic rings. The van der Waals surface area contributed by atoms with Gasteiger partial charge in [0.15, 0.2) is 9.84 Å². The predicted molar refractivity (Wildman–Crippen MR) is 107 cm³/mol. The Morgan fingerprint density at radius 3 is 2.43 bits per heavy atom. The first-order chi connectivity index (χ1) is 13.1. The number of halogens is 2. The molecule has 0 fully saturated rings. The predicted octanol–water partition coefficient (Wildman–Crippen LogP) is 3.36. The van der Waals surface area contributed by atoms with Crippen LogP contribution >= 0.6 is 23.2 Å². The second-order valence-corrected chi connectivity index (χ2v) is 8.86. The van der Waals surface area contributed by atoms with Crippen LogP contribution in [-0.4, -0.2) is 35.5 Å². The summed E-state index contributed by atoms with van der Waals surface area (Å²) in [7, 11) is -3.84. The largest absolute Gasteiger partial charge is 0.476 e. The average Bonchev–Trinajstić information content (AvgIpc) is 2.60. The van der Waals surface area contributed by atoms with Crippen molar-refractivity contribution >= 4 is 49.9 Å². The van der Waals surface area contributed by atoms with E-state index in [1.54, 1.807) is 13.0 Å². The Labute approximate surface area is 170 Å². The third-order valence-electron chi connectivity index (χ3n) is 4.18. The molecule has 28 heavy (non-hydrogen) atoms. The van der Waals surface area contributed by atoms with Crippen LogP contribution in [0.4, 0.5) is 0 Å². The molecule has 2 aromatic carbocycles. The number of carboxylic acid groups (broad SMARTS) is 1. The number of benzene rings is 2. The Kier molecular flexibility index (Phi) is 5.22. The molecule has 0 bridgehead atoms. The highest BCUT2D eigenvalue weighted by Crippen LogP contribution is 2.30. The molecule has 3 rings (SSSR count). The van der Waals surface area contributed by atoms with Crippen molar-refractivity contribution in [3.8, 4) is 5.69 Å². The minimum atomic E-state index is -3.84. The van der Waals surface area contributed by atoms with E-state index in [9.17, 15) is 23.1 Å². The van der Waals surface area contributed by atoms with Gasteiger partial charge in [-0.1, -0.05) is 36.2 Å². The first-order valence-electron chi connectivity index (χ1n) is 8.04. The van der Waals surface area contributed by atoms with Crippen LogP contribution in [0.5, 0.6) is 0 Å². The Bertz CT molecular complexity index is 1300. The summed E-state index contributed by atoms with van der Waals surface area (Å²) < 4.78 is 26.1. The Balaban J connectivity index is 2.63. The first kappa shape index (κ1) is 20.3. The first-order valence-corrected chi connectivity index (χ1v) is 10.7. The molecule has 146 valence electrons. The lowest BCUT2D eigenvalue weighted by Gasteiger charge is -2.16. The summed E-state index contributed by atoms with van der Waals surface area (Å²) in [5.74, 6) is -1.58. The second kappa shape index (κ2) is 7.20. The summed E-state index contributed by atoms with van der Waals surface area (Å²) in [6.45, 7) is 1.74. The highest BCUT2D eigenvalue weighted by molar-refractivity contribution is 7.91. The number of aromatic carboxylic acids is 1. The summed E-state index contributed by atoms with van der Waals surface area (Å²) in [6.07, 6.45) is 1.31. The van der Waals surface area contributed by atoms with Gasteiger partial charge in [0.25, 0.3) is 0 Å². The fourth-order valence-electron chi connectivity index (χ4n) is 3.01. The summed E-state index contributed by atoms with van der Waals surface area (Å²) in [5.41, 5.74) is -1.00. The fraction of sp³-hybridized carbons (Fsp3) is 0.167. The monoisotopic (exact) mass is 440 g/mol. The minimum absolute atomic E-state index is 0.122. The van der Waals surface area contributed by atoms with Crippen LogP contribution in [0.3, 0.4) is 0 Å². The summed E-state index contributed by atoms with van der Waals surface area (Å²) in [4.78, 5) is 24.3. The Morgan fingerprint density at radius 1 is 1.21 bits per heavy atom. The molecule has 3 aromatic rings. The zero-order valence-corrected chi connectivity index (χ0v) is 17.1. The van der Waals surface area contributed by atoms with Gasteiger partial charge in [-0.2, -0.15) is 5.10 Å². The van der Waals surface area contributed by atoms with Gasteiger partial charge in [-0.25, -0.2) is 17.9 Å². The van der Waals surface area contributed by atoms with Gasteiger partial charge in [-0.05, 0) is 36.2 Å². The van der Waals surface area contributed by atoms with E-state index >= 15 is 0 Å². The molecule has 0 saturated heterocycles. The molecule has 1 heterocycles. The zero-order chi connectivity index (χ0) is 20.8. The molecule has 0 atom stereocenters. The van der Waals surface area contributed by atoms with E-state index in [0.717, 1.165) is 10.9 Å². The van der Waals surface area contributed by atoms with E-state index in [2.05, 4.69) is 5.10 Å². The number of sulfone groups is 1. The lowest BCUT2D eigenvalue weighted by Crippen LogP contribution is -2.24. The van der Waals surface area contributed by atoms with Crippen molar-refractivity contribution < 1.29 is 18.3 Å². The van der Waals surface area contributed by atoms with Crippen molar-refractivity contribution in [3.05, 3.63) is 61.9 Å². The van der Waals surface area contributed by atoms with Gasteiger partial charge in [0.05, 0.1) is 26.5 Å². The van der Waals surface area contributed by atoms with Crippen LogP contribution in [0.15, 0.2) is 40.0 Å². The minimum Gasteiger partial charge on any atom is -0.476 e. The van der Waals surface area contributed by atoms with Crippen LogP contribution in [0.2, 0.25) is 10.0 Å². The smallest absolute Gasteiger partial charge is 0.360 e. The van der Waals surface area contributed by atoms with Gasteiger partial charge in [-0.15, -0.1) is 0 Å². The SMILES string of the molecule is CCc1ccc2c(c1S(C)(=O)=O)c(=O)c(C(=O)O)nn2-c1ccc(Cl)cc1Cl. The molecular formula is C18H14Cl2N2O5S. The third kappa shape index (κ3) is 3.39. The average molecular weight is 441 g/mol. The summed E-state index contributed by atoms with van der Waals surface area (Å²) in [5, 5.41) is 13.6. The molecule has 0 amide bonds. The zero-order valence-electron chi connectivity index (χ0n) is 14.7. The number of hydrogen-bond acceptors (Lipinski definition) is 5. The normalized spacial score (nSPS) is 11.7. The standard InChI is InChI=1S/C18H14Cl2N2O5S/c1-3-9-4-6-13-14(17(9)28(2,26)27)16(23)15(18(24)25)21-22(13)12-7-5-10(19)8-11(12)20/h4-8H,3H2,1-2H3,(H,24,25). The number of carbonyl (C=O) groups is 1. The molecule has 0 radical (unpaired) electrons. The molecular weight excluding hydrogens is 427 g/mol. The van der Waals surface area contributed by atoms with Crippen LogP contribution in [-0.2, 0) is 16.3 Å². The van der Waals surface area contributed by atoms with Gasteiger partial charge in [0.2, 0.25) is 11.1 Å². The van der Waals surface area contributed by atoms with E-state index in [1.165, 1.54) is 24.3 Å². The molecule has 0 saturated carbocycles. The van der Waals surface area contributed by atoms with Crippen molar-refractivity contribution in [1.82, 2.24) is 9.78 Å². The number of fused-ring (bicyclic) bond motifs is 1. The number of aryl methyl sites for hydroxylation is 1. The van der Waals surface area contributed by atoms with E-state index < -0.39 is 26.9 Å². The summed E-state index contributed by atoms with van der Waals surface area (Å²) in [6, 6.07) is 7.55. The van der Waals surface area contributed by atoms with Crippen molar-refractivity contribution in [2.45, 2.75) is 18.2 Å². The van der Waals surface area contributed by atoms with Gasteiger partial charge in [-0.3, -0.25) is 4.79 Å². The third-order valence-corrected chi connectivity index (χ3v) is 5.93. The molecule has 0 unspecified atom stereocenters. The van der Waals surface area contributed by atoms with E-state index in [4.69, 9.17) is 23.2 Å². The molecule has 0 aliphatic heterocycles. The van der Waals surface area contributed by atoms with Gasteiger partial charge in [0, 0.05) is 11.3 Å². The van der Waals surface area contributed by atoms with Crippen LogP contribution in [0.1, 0.15) is 23.0 Å². The van der Waals surface area contributed by atoms with Crippen molar-refractivity contribution in [3.63, 3.8) is 0 Å². The lowest BCUT2D eigenvalue weighted by molar-refractivity contribution is 0.0687. The maximum absolute atomic E-state index is 12.9. The van der Waals surface area contributed by atoms with Crippen molar-refractivity contribution in [2.24, 2.45) is 0 Å². The Hall–Kier alpha value is -2.42. The molecule has 1 aromatic heterocycles. The second-order valence-electron chi connectivity index (χ2n) is 6.06. The number of carboxylic acids is 1. The van der Waals surface area contributed by atoms with Crippen molar-refractivity contribution in [1.29, 1.82) is 0 Å². The van der Waals surface area contributed by atoms with Crippen LogP contribution in [0.25, 0.3) is 16.6 Å². The van der Waals surface area contributed by atoms with E-state index in [1.807, 2.05) is 0 Å². The van der Waals surface area contributed by atoms with E-state index in [0.29, 0.717) is 17.0 Å². The Morgan fingerprint density at radius 2 is 1.89 bits per heavy atom. The van der Waals surface area contributed by atoms with Crippen molar-refractivity contribution in [2.75, 3.05) is 6.26 Å². The summed E-state index contributed by atoms with van der Waals surface area (Å²) >= 11 is 12.2. The molecule has 0 spiro atoms. The number of hydrogen-bond donors (Lipinski definition) is 1. The highest BCUT2D eigenvalue weighted by Gasteiger charge is 2.25. The van der Waals surface area contributed by atoms with E-state index in [-0.39, 0.29) is 26.5 Å². The molecule has 1 N–H and O–H groups in total. The highest BCUT2D eigenvalue weighted by atomic mass is 35.5. The van der Waals surface area contributed by atoms with Gasteiger partial charge in [0.1, 0.15) is 0 Å².